The molecular weight excluding hydrogens is 192 g/mol. The Labute approximate surface area is 78.4 Å². The van der Waals surface area contributed by atoms with Gasteiger partial charge in [0.2, 0.25) is 0 Å². The van der Waals surface area contributed by atoms with Gasteiger partial charge in [0.05, 0.1) is 6.42 Å². The van der Waals surface area contributed by atoms with Gasteiger partial charge in [-0.25, -0.2) is 0 Å². The van der Waals surface area contributed by atoms with Crippen molar-refractivity contribution in [2.24, 2.45) is 0 Å². The number of aromatic amines is 2. The zero-order valence-corrected chi connectivity index (χ0v) is 7.48. The van der Waals surface area contributed by atoms with Crippen LogP contribution in [0.1, 0.15) is 12.1 Å². The summed E-state index contributed by atoms with van der Waals surface area (Å²) >= 11 is 4.71. The van der Waals surface area contributed by atoms with Gasteiger partial charge >= 0.3 is 5.97 Å². The minimum absolute atomic E-state index is 0.0191. The zero-order valence-electron chi connectivity index (χ0n) is 6.66. The summed E-state index contributed by atoms with van der Waals surface area (Å²) in [5, 5.41) is 8.39. The second-order valence-electron chi connectivity index (χ2n) is 2.51. The molecule has 0 amide bonds. The average Bonchev–Trinajstić information content (AvgIpc) is 1.99. The summed E-state index contributed by atoms with van der Waals surface area (Å²) in [6.07, 6.45) is 0.262. The van der Waals surface area contributed by atoms with Crippen LogP contribution < -0.4 is 5.56 Å². The van der Waals surface area contributed by atoms with Crippen molar-refractivity contribution >= 4 is 18.2 Å². The van der Waals surface area contributed by atoms with Gasteiger partial charge in [-0.05, 0) is 18.6 Å². The fourth-order valence-corrected chi connectivity index (χ4v) is 1.13. The van der Waals surface area contributed by atoms with E-state index in [9.17, 15) is 9.59 Å². The standard InChI is InChI=1S/C7H8N2O3S/c10-5-3-4(1-2-6(11)12)8-7(13)9-5/h3H,1-2H2,(H,11,12)(H2,8,9,10,13). The summed E-state index contributed by atoms with van der Waals surface area (Å²) in [5.41, 5.74) is 0.222. The van der Waals surface area contributed by atoms with Gasteiger partial charge in [-0.3, -0.25) is 14.6 Å². The van der Waals surface area contributed by atoms with Gasteiger partial charge in [-0.2, -0.15) is 0 Å². The summed E-state index contributed by atoms with van der Waals surface area (Å²) in [5.74, 6) is -0.903. The number of aryl methyl sites for hydroxylation is 1. The summed E-state index contributed by atoms with van der Waals surface area (Å²) in [6.45, 7) is 0. The molecule has 0 atom stereocenters. The predicted molar refractivity (Wildman–Crippen MR) is 48.2 cm³/mol. The number of aliphatic carboxylic acids is 1. The monoisotopic (exact) mass is 200 g/mol. The Morgan fingerprint density at radius 3 is 2.77 bits per heavy atom. The summed E-state index contributed by atoms with van der Waals surface area (Å²) < 4.78 is 0.216. The van der Waals surface area contributed by atoms with Crippen LogP contribution in [0.15, 0.2) is 10.9 Å². The number of nitrogens with one attached hydrogen (secondary N) is 2. The summed E-state index contributed by atoms with van der Waals surface area (Å²) in [4.78, 5) is 26.1. The third kappa shape index (κ3) is 3.20. The molecular formula is C7H8N2O3S. The molecule has 0 saturated heterocycles. The molecule has 0 aromatic carbocycles. The Kier molecular flexibility index (Phi) is 2.97. The lowest BCUT2D eigenvalue weighted by molar-refractivity contribution is -0.136. The van der Waals surface area contributed by atoms with Crippen LogP contribution in [0.5, 0.6) is 0 Å². The number of aromatic nitrogens is 2. The number of rotatable bonds is 3. The molecule has 70 valence electrons. The highest BCUT2D eigenvalue weighted by Crippen LogP contribution is 1.94. The van der Waals surface area contributed by atoms with Gasteiger partial charge in [0.1, 0.15) is 0 Å². The maximum absolute atomic E-state index is 10.9. The average molecular weight is 200 g/mol. The Morgan fingerprint density at radius 1 is 1.54 bits per heavy atom. The maximum Gasteiger partial charge on any atom is 0.303 e. The number of carboxylic acid groups (broad SMARTS) is 1. The van der Waals surface area contributed by atoms with Gasteiger partial charge < -0.3 is 10.1 Å². The topological polar surface area (TPSA) is 85.9 Å². The molecule has 0 spiro atoms. The highest BCUT2D eigenvalue weighted by Gasteiger charge is 1.99. The molecule has 1 aromatic heterocycles. The third-order valence-electron chi connectivity index (χ3n) is 1.42. The SMILES string of the molecule is O=C(O)CCc1cc(=O)[nH]c(=S)[nH]1. The minimum atomic E-state index is -0.903. The van der Waals surface area contributed by atoms with E-state index in [1.165, 1.54) is 6.07 Å². The second kappa shape index (κ2) is 3.99. The van der Waals surface area contributed by atoms with Crippen LogP contribution in [0, 0.1) is 4.77 Å². The molecule has 5 nitrogen and oxygen atoms in total. The molecule has 0 fully saturated rings. The maximum atomic E-state index is 10.9. The van der Waals surface area contributed by atoms with Crippen molar-refractivity contribution in [3.8, 4) is 0 Å². The van der Waals surface area contributed by atoms with E-state index in [0.29, 0.717) is 5.69 Å². The first-order valence-corrected chi connectivity index (χ1v) is 4.03. The lowest BCUT2D eigenvalue weighted by Crippen LogP contribution is -2.09. The Balaban J connectivity index is 2.84. The highest BCUT2D eigenvalue weighted by molar-refractivity contribution is 7.71. The molecule has 1 heterocycles. The van der Waals surface area contributed by atoms with Crippen LogP contribution >= 0.6 is 12.2 Å². The van der Waals surface area contributed by atoms with Crippen molar-refractivity contribution < 1.29 is 9.90 Å². The molecule has 3 N–H and O–H groups in total. The quantitative estimate of drug-likeness (QED) is 0.618. The number of H-pyrrole nitrogens is 2. The molecule has 0 saturated carbocycles. The summed E-state index contributed by atoms with van der Waals surface area (Å²) in [6, 6.07) is 1.30. The molecule has 0 aliphatic carbocycles. The first-order chi connectivity index (χ1) is 6.08. The van der Waals surface area contributed by atoms with Crippen molar-refractivity contribution in [3.05, 3.63) is 26.9 Å². The van der Waals surface area contributed by atoms with E-state index in [-0.39, 0.29) is 23.2 Å². The lowest BCUT2D eigenvalue weighted by Gasteiger charge is -1.96. The van der Waals surface area contributed by atoms with E-state index in [0.717, 1.165) is 0 Å². The van der Waals surface area contributed by atoms with E-state index in [2.05, 4.69) is 9.97 Å². The van der Waals surface area contributed by atoms with Gasteiger partial charge in [0.25, 0.3) is 5.56 Å². The second-order valence-corrected chi connectivity index (χ2v) is 2.91. The Bertz CT molecular complexity index is 392. The molecule has 0 radical (unpaired) electrons. The van der Waals surface area contributed by atoms with Gasteiger partial charge in [-0.1, -0.05) is 0 Å². The first kappa shape index (κ1) is 9.66. The molecule has 0 bridgehead atoms. The van der Waals surface area contributed by atoms with Crippen LogP contribution in [0.3, 0.4) is 0 Å². The van der Waals surface area contributed by atoms with Crippen LogP contribution in [-0.4, -0.2) is 21.0 Å². The Morgan fingerprint density at radius 2 is 2.23 bits per heavy atom. The number of carbonyl (C=O) groups is 1. The fraction of sp³-hybridized carbons (Fsp3) is 0.286. The molecule has 0 aliphatic rings. The molecule has 6 heteroatoms. The summed E-state index contributed by atoms with van der Waals surface area (Å²) in [7, 11) is 0. The number of hydrogen-bond acceptors (Lipinski definition) is 3. The van der Waals surface area contributed by atoms with Crippen molar-refractivity contribution in [2.45, 2.75) is 12.8 Å². The van der Waals surface area contributed by atoms with Crippen molar-refractivity contribution in [2.75, 3.05) is 0 Å². The van der Waals surface area contributed by atoms with Crippen LogP contribution in [0.2, 0.25) is 0 Å². The molecule has 0 aliphatic heterocycles. The van der Waals surface area contributed by atoms with Crippen LogP contribution in [0.4, 0.5) is 0 Å². The number of carboxylic acids is 1. The van der Waals surface area contributed by atoms with E-state index < -0.39 is 5.97 Å². The molecule has 13 heavy (non-hydrogen) atoms. The Hall–Kier alpha value is -1.43. The van der Waals surface area contributed by atoms with E-state index in [1.54, 1.807) is 0 Å². The van der Waals surface area contributed by atoms with Crippen molar-refractivity contribution in [1.82, 2.24) is 9.97 Å². The smallest absolute Gasteiger partial charge is 0.303 e. The van der Waals surface area contributed by atoms with E-state index >= 15 is 0 Å². The fourth-order valence-electron chi connectivity index (χ4n) is 0.896. The zero-order chi connectivity index (χ0) is 9.84. The largest absolute Gasteiger partial charge is 0.481 e. The third-order valence-corrected chi connectivity index (χ3v) is 1.63. The minimum Gasteiger partial charge on any atom is -0.481 e. The predicted octanol–water partition coefficient (Wildman–Crippen LogP) is 0.450. The van der Waals surface area contributed by atoms with Crippen LogP contribution in [-0.2, 0) is 11.2 Å². The normalized spacial score (nSPS) is 9.85. The van der Waals surface area contributed by atoms with Gasteiger partial charge in [0.15, 0.2) is 4.77 Å². The van der Waals surface area contributed by atoms with Gasteiger partial charge in [0, 0.05) is 11.8 Å². The molecule has 1 aromatic rings. The van der Waals surface area contributed by atoms with E-state index in [1.807, 2.05) is 0 Å². The lowest BCUT2D eigenvalue weighted by atomic mass is 10.2. The number of hydrogen-bond donors (Lipinski definition) is 3. The van der Waals surface area contributed by atoms with Crippen LogP contribution in [0.25, 0.3) is 0 Å². The van der Waals surface area contributed by atoms with Gasteiger partial charge in [-0.15, -0.1) is 0 Å². The van der Waals surface area contributed by atoms with Crippen molar-refractivity contribution in [1.29, 1.82) is 0 Å². The van der Waals surface area contributed by atoms with E-state index in [4.69, 9.17) is 17.3 Å². The highest BCUT2D eigenvalue weighted by atomic mass is 32.1. The molecule has 0 unspecified atom stereocenters. The van der Waals surface area contributed by atoms with Crippen molar-refractivity contribution in [3.63, 3.8) is 0 Å². The molecule has 1 rings (SSSR count). The first-order valence-electron chi connectivity index (χ1n) is 3.62.